The van der Waals surface area contributed by atoms with Gasteiger partial charge in [-0.15, -0.1) is 0 Å². The third-order valence-corrected chi connectivity index (χ3v) is 5.16. The Bertz CT molecular complexity index is 439. The van der Waals surface area contributed by atoms with Crippen LogP contribution in [0, 0.1) is 5.92 Å². The van der Waals surface area contributed by atoms with Gasteiger partial charge < -0.3 is 10.2 Å². The summed E-state index contributed by atoms with van der Waals surface area (Å²) in [7, 11) is 0. The number of hydrogen-bond acceptors (Lipinski definition) is 3. The second-order valence-electron chi connectivity index (χ2n) is 6.60. The fraction of sp³-hybridized carbons (Fsp3) is 0.867. The lowest BCUT2D eigenvalue weighted by atomic mass is 9.94. The molecule has 0 aromatic rings. The maximum atomic E-state index is 12.8. The SMILES string of the molecule is O=C1CC2CCC(CN1)N2C(=O)C1CCN(CC(F)F)CC1. The van der Waals surface area contributed by atoms with Crippen molar-refractivity contribution in [3.05, 3.63) is 0 Å². The molecule has 3 aliphatic rings. The van der Waals surface area contributed by atoms with E-state index in [1.54, 1.807) is 4.90 Å². The van der Waals surface area contributed by atoms with Crippen molar-refractivity contribution in [1.29, 1.82) is 0 Å². The summed E-state index contributed by atoms with van der Waals surface area (Å²) in [6.07, 6.45) is 1.21. The number of carbonyl (C=O) groups is 2. The normalized spacial score (nSPS) is 30.5. The zero-order valence-electron chi connectivity index (χ0n) is 12.6. The van der Waals surface area contributed by atoms with E-state index in [-0.39, 0.29) is 36.4 Å². The summed E-state index contributed by atoms with van der Waals surface area (Å²) in [6, 6.07) is 0.141. The minimum atomic E-state index is -2.31. The number of alkyl halides is 2. The van der Waals surface area contributed by atoms with Crippen LogP contribution in [0.4, 0.5) is 8.78 Å². The first kappa shape index (κ1) is 15.6. The van der Waals surface area contributed by atoms with Gasteiger partial charge in [0.2, 0.25) is 11.8 Å². The summed E-state index contributed by atoms with van der Waals surface area (Å²) < 4.78 is 24.8. The minimum Gasteiger partial charge on any atom is -0.354 e. The Morgan fingerprint density at radius 2 is 1.86 bits per heavy atom. The number of halogens is 2. The van der Waals surface area contributed by atoms with E-state index in [1.165, 1.54) is 0 Å². The second kappa shape index (κ2) is 6.48. The average molecular weight is 315 g/mol. The lowest BCUT2D eigenvalue weighted by Crippen LogP contribution is -2.48. The van der Waals surface area contributed by atoms with E-state index in [1.807, 2.05) is 4.90 Å². The summed E-state index contributed by atoms with van der Waals surface area (Å²) in [5, 5.41) is 2.87. The molecule has 0 spiro atoms. The topological polar surface area (TPSA) is 52.7 Å². The van der Waals surface area contributed by atoms with Crippen LogP contribution in [0.3, 0.4) is 0 Å². The molecule has 3 heterocycles. The number of carbonyl (C=O) groups excluding carboxylic acids is 2. The van der Waals surface area contributed by atoms with Gasteiger partial charge in [0.1, 0.15) is 0 Å². The van der Waals surface area contributed by atoms with Crippen molar-refractivity contribution in [3.63, 3.8) is 0 Å². The van der Waals surface area contributed by atoms with Gasteiger partial charge >= 0.3 is 0 Å². The predicted octanol–water partition coefficient (Wildman–Crippen LogP) is 0.843. The van der Waals surface area contributed by atoms with Crippen LogP contribution in [0.5, 0.6) is 0 Å². The molecule has 124 valence electrons. The van der Waals surface area contributed by atoms with E-state index in [0.717, 1.165) is 12.8 Å². The Kier molecular flexibility index (Phi) is 4.61. The van der Waals surface area contributed by atoms with E-state index in [2.05, 4.69) is 5.32 Å². The van der Waals surface area contributed by atoms with Gasteiger partial charge in [0.15, 0.2) is 0 Å². The van der Waals surface area contributed by atoms with E-state index in [9.17, 15) is 18.4 Å². The van der Waals surface area contributed by atoms with Crippen LogP contribution in [-0.4, -0.2) is 66.3 Å². The van der Waals surface area contributed by atoms with Crippen LogP contribution in [-0.2, 0) is 9.59 Å². The molecule has 1 N–H and O–H groups in total. The predicted molar refractivity (Wildman–Crippen MR) is 76.5 cm³/mol. The third kappa shape index (κ3) is 3.24. The summed E-state index contributed by atoms with van der Waals surface area (Å²) in [6.45, 7) is 1.46. The van der Waals surface area contributed by atoms with Crippen LogP contribution < -0.4 is 5.32 Å². The van der Waals surface area contributed by atoms with Crippen molar-refractivity contribution >= 4 is 11.8 Å². The summed E-state index contributed by atoms with van der Waals surface area (Å²) in [4.78, 5) is 28.1. The van der Waals surface area contributed by atoms with E-state index in [0.29, 0.717) is 38.9 Å². The van der Waals surface area contributed by atoms with E-state index in [4.69, 9.17) is 0 Å². The molecule has 3 rings (SSSR count). The molecule has 2 unspecified atom stereocenters. The molecule has 0 saturated carbocycles. The van der Waals surface area contributed by atoms with Crippen LogP contribution in [0.25, 0.3) is 0 Å². The van der Waals surface area contributed by atoms with Gasteiger partial charge in [-0.1, -0.05) is 0 Å². The molecule has 2 amide bonds. The third-order valence-electron chi connectivity index (χ3n) is 5.16. The number of hydrogen-bond donors (Lipinski definition) is 1. The van der Waals surface area contributed by atoms with Crippen LogP contribution in [0.1, 0.15) is 32.1 Å². The van der Waals surface area contributed by atoms with Crippen LogP contribution in [0.15, 0.2) is 0 Å². The highest BCUT2D eigenvalue weighted by molar-refractivity contribution is 5.83. The number of rotatable bonds is 3. The highest BCUT2D eigenvalue weighted by atomic mass is 19.3. The summed E-state index contributed by atoms with van der Waals surface area (Å²) in [5.74, 6) is 0.0719. The molecule has 0 aromatic heterocycles. The van der Waals surface area contributed by atoms with E-state index >= 15 is 0 Å². The highest BCUT2D eigenvalue weighted by Gasteiger charge is 2.42. The Hall–Kier alpha value is -1.24. The standard InChI is InChI=1S/C15H23F2N3O2/c16-13(17)9-19-5-3-10(4-6-19)15(22)20-11-1-2-12(20)8-18-14(21)7-11/h10-13H,1-9H2,(H,18,21). The maximum Gasteiger partial charge on any atom is 0.251 e. The molecule has 3 saturated heterocycles. The molecule has 0 radical (unpaired) electrons. The zero-order valence-corrected chi connectivity index (χ0v) is 12.6. The molecular weight excluding hydrogens is 292 g/mol. The Morgan fingerprint density at radius 1 is 1.18 bits per heavy atom. The second-order valence-corrected chi connectivity index (χ2v) is 6.60. The van der Waals surface area contributed by atoms with Crippen molar-refractivity contribution in [2.75, 3.05) is 26.2 Å². The highest BCUT2D eigenvalue weighted by Crippen LogP contribution is 2.32. The van der Waals surface area contributed by atoms with Gasteiger partial charge in [0.25, 0.3) is 6.43 Å². The average Bonchev–Trinajstić information content (AvgIpc) is 2.78. The fourth-order valence-electron chi connectivity index (χ4n) is 4.01. The lowest BCUT2D eigenvalue weighted by Gasteiger charge is -2.36. The van der Waals surface area contributed by atoms with E-state index < -0.39 is 6.43 Å². The smallest absolute Gasteiger partial charge is 0.251 e. The molecule has 2 bridgehead atoms. The maximum absolute atomic E-state index is 12.8. The summed E-state index contributed by atoms with van der Waals surface area (Å²) in [5.41, 5.74) is 0. The van der Waals surface area contributed by atoms with Gasteiger partial charge in [-0.25, -0.2) is 8.78 Å². The van der Waals surface area contributed by atoms with Crippen molar-refractivity contribution in [2.24, 2.45) is 5.92 Å². The molecule has 3 aliphatic heterocycles. The number of piperidine rings is 1. The molecule has 3 fully saturated rings. The van der Waals surface area contributed by atoms with Crippen LogP contribution in [0.2, 0.25) is 0 Å². The van der Waals surface area contributed by atoms with Gasteiger partial charge in [-0.3, -0.25) is 14.5 Å². The van der Waals surface area contributed by atoms with Crippen molar-refractivity contribution < 1.29 is 18.4 Å². The minimum absolute atomic E-state index is 0.0248. The lowest BCUT2D eigenvalue weighted by molar-refractivity contribution is -0.140. The molecule has 0 aliphatic carbocycles. The Labute approximate surface area is 129 Å². The van der Waals surface area contributed by atoms with Gasteiger partial charge in [-0.05, 0) is 38.8 Å². The number of nitrogens with one attached hydrogen (secondary N) is 1. The number of likely N-dealkylation sites (tertiary alicyclic amines) is 1. The van der Waals surface area contributed by atoms with Crippen LogP contribution >= 0.6 is 0 Å². The molecular formula is C15H23F2N3O2. The van der Waals surface area contributed by atoms with Crippen molar-refractivity contribution in [1.82, 2.24) is 15.1 Å². The van der Waals surface area contributed by atoms with Crippen molar-refractivity contribution in [2.45, 2.75) is 50.6 Å². The largest absolute Gasteiger partial charge is 0.354 e. The quantitative estimate of drug-likeness (QED) is 0.840. The molecule has 22 heavy (non-hydrogen) atoms. The first-order chi connectivity index (χ1) is 10.5. The first-order valence-corrected chi connectivity index (χ1v) is 8.14. The molecule has 0 aromatic carbocycles. The number of fused-ring (bicyclic) bond motifs is 2. The van der Waals surface area contributed by atoms with Gasteiger partial charge in [0.05, 0.1) is 6.54 Å². The van der Waals surface area contributed by atoms with Crippen molar-refractivity contribution in [3.8, 4) is 0 Å². The summed E-state index contributed by atoms with van der Waals surface area (Å²) >= 11 is 0. The number of nitrogens with zero attached hydrogens (tertiary/aromatic N) is 2. The fourth-order valence-corrected chi connectivity index (χ4v) is 4.01. The van der Waals surface area contributed by atoms with Gasteiger partial charge in [-0.2, -0.15) is 0 Å². The molecule has 7 heteroatoms. The zero-order chi connectivity index (χ0) is 15.7. The number of amides is 2. The Balaban J connectivity index is 1.59. The van der Waals surface area contributed by atoms with Gasteiger partial charge in [0, 0.05) is 31.0 Å². The first-order valence-electron chi connectivity index (χ1n) is 8.14. The molecule has 2 atom stereocenters. The monoisotopic (exact) mass is 315 g/mol. The molecule has 5 nitrogen and oxygen atoms in total. The Morgan fingerprint density at radius 3 is 2.55 bits per heavy atom.